The number of amides is 2. The summed E-state index contributed by atoms with van der Waals surface area (Å²) in [7, 11) is 1.61. The summed E-state index contributed by atoms with van der Waals surface area (Å²) in [5, 5.41) is 8.84. The van der Waals surface area contributed by atoms with Crippen molar-refractivity contribution in [2.45, 2.75) is 12.5 Å². The highest BCUT2D eigenvalue weighted by Gasteiger charge is 2.37. The normalized spacial score (nSPS) is 19.4. The number of hydrogen-bond acceptors (Lipinski definition) is 2. The number of urea groups is 1. The molecule has 96 valence electrons. The molecule has 5 nitrogen and oxygen atoms in total. The van der Waals surface area contributed by atoms with Gasteiger partial charge in [0, 0.05) is 19.3 Å². The van der Waals surface area contributed by atoms with E-state index in [9.17, 15) is 14.0 Å². The first-order valence-corrected chi connectivity index (χ1v) is 5.50. The predicted octanol–water partition coefficient (Wildman–Crippen LogP) is 1.54. The number of hydrogen-bond donors (Lipinski definition) is 1. The molecule has 1 aromatic carbocycles. The lowest BCUT2D eigenvalue weighted by Gasteiger charge is -2.21. The molecule has 1 unspecified atom stereocenters. The summed E-state index contributed by atoms with van der Waals surface area (Å²) in [6.45, 7) is 0.350. The van der Waals surface area contributed by atoms with E-state index in [2.05, 4.69) is 0 Å². The van der Waals surface area contributed by atoms with Crippen molar-refractivity contribution in [1.29, 1.82) is 0 Å². The molecule has 2 amide bonds. The Kier molecular flexibility index (Phi) is 3.18. The van der Waals surface area contributed by atoms with E-state index in [0.717, 1.165) is 0 Å². The smallest absolute Gasteiger partial charge is 0.324 e. The first kappa shape index (κ1) is 12.3. The molecule has 0 bridgehead atoms. The van der Waals surface area contributed by atoms with Crippen LogP contribution in [0, 0.1) is 5.82 Å². The predicted molar refractivity (Wildman–Crippen MR) is 62.9 cm³/mol. The van der Waals surface area contributed by atoms with Gasteiger partial charge in [-0.2, -0.15) is 0 Å². The van der Waals surface area contributed by atoms with E-state index in [4.69, 9.17) is 5.11 Å². The minimum Gasteiger partial charge on any atom is -0.481 e. The highest BCUT2D eigenvalue weighted by Crippen LogP contribution is 2.25. The van der Waals surface area contributed by atoms with Gasteiger partial charge < -0.3 is 10.0 Å². The van der Waals surface area contributed by atoms with Gasteiger partial charge >= 0.3 is 12.0 Å². The van der Waals surface area contributed by atoms with Gasteiger partial charge in [-0.25, -0.2) is 9.18 Å². The third kappa shape index (κ3) is 2.27. The van der Waals surface area contributed by atoms with E-state index in [1.165, 1.54) is 34.1 Å². The molecular formula is C12H13FN2O3. The molecule has 1 fully saturated rings. The van der Waals surface area contributed by atoms with Crippen molar-refractivity contribution in [3.8, 4) is 0 Å². The molecule has 0 spiro atoms. The van der Waals surface area contributed by atoms with Crippen molar-refractivity contribution >= 4 is 17.7 Å². The van der Waals surface area contributed by atoms with Crippen LogP contribution >= 0.6 is 0 Å². The molecule has 1 aliphatic heterocycles. The number of anilines is 1. The van der Waals surface area contributed by atoms with Crippen LogP contribution < -0.4 is 4.90 Å². The van der Waals surface area contributed by atoms with Crippen molar-refractivity contribution in [2.24, 2.45) is 0 Å². The Morgan fingerprint density at radius 3 is 2.61 bits per heavy atom. The fraction of sp³-hybridized carbons (Fsp3) is 0.333. The average molecular weight is 252 g/mol. The third-order valence-corrected chi connectivity index (χ3v) is 2.90. The molecular weight excluding hydrogens is 239 g/mol. The van der Waals surface area contributed by atoms with Gasteiger partial charge in [-0.05, 0) is 24.3 Å². The van der Waals surface area contributed by atoms with Crippen LogP contribution in [-0.2, 0) is 4.79 Å². The molecule has 1 atom stereocenters. The highest BCUT2D eigenvalue weighted by atomic mass is 19.1. The van der Waals surface area contributed by atoms with Gasteiger partial charge in [0.05, 0.1) is 12.5 Å². The first-order chi connectivity index (χ1) is 8.49. The molecule has 1 aliphatic rings. The van der Waals surface area contributed by atoms with Crippen LogP contribution in [0.2, 0.25) is 0 Å². The maximum Gasteiger partial charge on any atom is 0.324 e. The second-order valence-electron chi connectivity index (χ2n) is 4.26. The first-order valence-electron chi connectivity index (χ1n) is 5.50. The fourth-order valence-corrected chi connectivity index (χ4v) is 2.10. The maximum atomic E-state index is 12.8. The Morgan fingerprint density at radius 1 is 1.44 bits per heavy atom. The molecule has 1 saturated heterocycles. The summed E-state index contributed by atoms with van der Waals surface area (Å²) < 4.78 is 12.8. The van der Waals surface area contributed by atoms with Crippen molar-refractivity contribution in [2.75, 3.05) is 18.5 Å². The molecule has 0 aromatic heterocycles. The summed E-state index contributed by atoms with van der Waals surface area (Å²) in [5.41, 5.74) is 0.511. The number of aliphatic carboxylic acids is 1. The number of likely N-dealkylation sites (N-methyl/N-ethyl adjacent to an activating group) is 1. The summed E-state index contributed by atoms with van der Waals surface area (Å²) in [6, 6.07) is 4.75. The second kappa shape index (κ2) is 4.64. The summed E-state index contributed by atoms with van der Waals surface area (Å²) in [6.07, 6.45) is -0.131. The lowest BCUT2D eigenvalue weighted by Crippen LogP contribution is -2.35. The zero-order valence-electron chi connectivity index (χ0n) is 9.84. The van der Waals surface area contributed by atoms with E-state index < -0.39 is 17.8 Å². The van der Waals surface area contributed by atoms with Crippen LogP contribution in [0.1, 0.15) is 6.42 Å². The van der Waals surface area contributed by atoms with E-state index in [1.54, 1.807) is 7.05 Å². The van der Waals surface area contributed by atoms with Crippen molar-refractivity contribution in [3.05, 3.63) is 30.1 Å². The average Bonchev–Trinajstić information content (AvgIpc) is 2.55. The number of carbonyl (C=O) groups is 2. The lowest BCUT2D eigenvalue weighted by molar-refractivity contribution is -0.137. The van der Waals surface area contributed by atoms with Gasteiger partial charge in [0.2, 0.25) is 0 Å². The van der Waals surface area contributed by atoms with E-state index in [1.807, 2.05) is 0 Å². The zero-order chi connectivity index (χ0) is 13.3. The number of halogens is 1. The van der Waals surface area contributed by atoms with Gasteiger partial charge in [-0.15, -0.1) is 0 Å². The van der Waals surface area contributed by atoms with Crippen LogP contribution in [-0.4, -0.2) is 41.6 Å². The molecule has 2 rings (SSSR count). The molecule has 0 radical (unpaired) electrons. The monoisotopic (exact) mass is 252 g/mol. The molecule has 1 N–H and O–H groups in total. The van der Waals surface area contributed by atoms with E-state index >= 15 is 0 Å². The number of benzene rings is 1. The summed E-state index contributed by atoms with van der Waals surface area (Å²) in [5.74, 6) is -1.36. The fourth-order valence-electron chi connectivity index (χ4n) is 2.10. The quantitative estimate of drug-likeness (QED) is 0.887. The Morgan fingerprint density at radius 2 is 2.06 bits per heavy atom. The van der Waals surface area contributed by atoms with Gasteiger partial charge in [0.1, 0.15) is 5.82 Å². The van der Waals surface area contributed by atoms with Crippen LogP contribution in [0.15, 0.2) is 24.3 Å². The highest BCUT2D eigenvalue weighted by molar-refractivity contribution is 5.95. The van der Waals surface area contributed by atoms with Crippen LogP contribution in [0.4, 0.5) is 14.9 Å². The van der Waals surface area contributed by atoms with E-state index in [-0.39, 0.29) is 12.5 Å². The van der Waals surface area contributed by atoms with E-state index in [0.29, 0.717) is 12.2 Å². The van der Waals surface area contributed by atoms with Crippen molar-refractivity contribution in [1.82, 2.24) is 4.90 Å². The summed E-state index contributed by atoms with van der Waals surface area (Å²) in [4.78, 5) is 25.6. The number of carbonyl (C=O) groups excluding carboxylic acids is 1. The molecule has 1 heterocycles. The molecule has 1 aromatic rings. The Hall–Kier alpha value is -2.11. The SMILES string of the molecule is CN1CC(CC(=O)O)N(c2ccc(F)cc2)C1=O. The molecule has 0 aliphatic carbocycles. The molecule has 6 heteroatoms. The van der Waals surface area contributed by atoms with Crippen LogP contribution in [0.3, 0.4) is 0 Å². The molecule has 0 saturated carbocycles. The number of nitrogens with zero attached hydrogens (tertiary/aromatic N) is 2. The minimum atomic E-state index is -0.963. The largest absolute Gasteiger partial charge is 0.481 e. The Labute approximate surface area is 103 Å². The Balaban J connectivity index is 2.29. The Bertz CT molecular complexity index is 475. The number of carboxylic acid groups (broad SMARTS) is 1. The maximum absolute atomic E-state index is 12.8. The van der Waals surface area contributed by atoms with Crippen molar-refractivity contribution < 1.29 is 19.1 Å². The summed E-state index contributed by atoms with van der Waals surface area (Å²) >= 11 is 0. The zero-order valence-corrected chi connectivity index (χ0v) is 9.84. The number of carboxylic acids is 1. The van der Waals surface area contributed by atoms with Gasteiger partial charge in [-0.3, -0.25) is 9.69 Å². The van der Waals surface area contributed by atoms with Crippen molar-refractivity contribution in [3.63, 3.8) is 0 Å². The second-order valence-corrected chi connectivity index (χ2v) is 4.26. The topological polar surface area (TPSA) is 60.9 Å². The molecule has 18 heavy (non-hydrogen) atoms. The van der Waals surface area contributed by atoms with Gasteiger partial charge in [-0.1, -0.05) is 0 Å². The van der Waals surface area contributed by atoms with Gasteiger partial charge in [0.15, 0.2) is 0 Å². The number of rotatable bonds is 3. The standard InChI is InChI=1S/C12H13FN2O3/c1-14-7-10(6-11(16)17)15(12(14)18)9-4-2-8(13)3-5-9/h2-5,10H,6-7H2,1H3,(H,16,17). The third-order valence-electron chi connectivity index (χ3n) is 2.90. The van der Waals surface area contributed by atoms with Crippen LogP contribution in [0.5, 0.6) is 0 Å². The lowest BCUT2D eigenvalue weighted by atomic mass is 10.1. The minimum absolute atomic E-state index is 0.131. The van der Waals surface area contributed by atoms with Crippen LogP contribution in [0.25, 0.3) is 0 Å². The van der Waals surface area contributed by atoms with Gasteiger partial charge in [0.25, 0.3) is 0 Å².